The van der Waals surface area contributed by atoms with Gasteiger partial charge in [0.2, 0.25) is 0 Å². The molecule has 1 rings (SSSR count). The molecular formula is C5H2Br2ClNO2S. The van der Waals surface area contributed by atoms with E-state index in [4.69, 9.17) is 10.7 Å². The molecule has 0 aliphatic rings. The number of aromatic nitrogens is 1. The normalized spacial score (nSPS) is 11.6. The Morgan fingerprint density at radius 3 is 2.42 bits per heavy atom. The molecule has 0 radical (unpaired) electrons. The van der Waals surface area contributed by atoms with E-state index in [-0.39, 0.29) is 5.03 Å². The summed E-state index contributed by atoms with van der Waals surface area (Å²) in [7, 11) is 1.32. The van der Waals surface area contributed by atoms with Crippen molar-refractivity contribution < 1.29 is 8.42 Å². The van der Waals surface area contributed by atoms with E-state index in [1.54, 1.807) is 6.07 Å². The second-order valence-corrected chi connectivity index (χ2v) is 6.13. The van der Waals surface area contributed by atoms with Crippen molar-refractivity contribution in [3.8, 4) is 0 Å². The summed E-state index contributed by atoms with van der Waals surface area (Å²) in [5.41, 5.74) is 0. The molecule has 7 heteroatoms. The Balaban J connectivity index is 3.39. The average Bonchev–Trinajstić information content (AvgIpc) is 1.83. The summed E-state index contributed by atoms with van der Waals surface area (Å²) in [5, 5.41) is -0.174. The van der Waals surface area contributed by atoms with Crippen LogP contribution in [0.25, 0.3) is 0 Å². The summed E-state index contributed by atoms with van der Waals surface area (Å²) in [6.45, 7) is 0. The quantitative estimate of drug-likeness (QED) is 0.741. The van der Waals surface area contributed by atoms with Gasteiger partial charge >= 0.3 is 0 Å². The standard InChI is InChI=1S/C5H2Br2ClNO2S/c6-3-1-4(7)5(9-2-3)12(8,10)11/h1-2H. The van der Waals surface area contributed by atoms with Crippen LogP contribution in [-0.4, -0.2) is 13.4 Å². The molecule has 1 aromatic heterocycles. The molecule has 0 bridgehead atoms. The molecule has 0 saturated carbocycles. The van der Waals surface area contributed by atoms with Gasteiger partial charge in [-0.05, 0) is 37.9 Å². The molecular weight excluding hydrogens is 333 g/mol. The summed E-state index contributed by atoms with van der Waals surface area (Å²) >= 11 is 6.16. The van der Waals surface area contributed by atoms with E-state index in [9.17, 15) is 8.42 Å². The molecule has 0 amide bonds. The van der Waals surface area contributed by atoms with Gasteiger partial charge in [-0.2, -0.15) is 0 Å². The molecule has 12 heavy (non-hydrogen) atoms. The fourth-order valence-electron chi connectivity index (χ4n) is 0.581. The maximum Gasteiger partial charge on any atom is 0.279 e. The maximum absolute atomic E-state index is 10.8. The van der Waals surface area contributed by atoms with E-state index in [1.807, 2.05) is 0 Å². The molecule has 0 aromatic carbocycles. The fourth-order valence-corrected chi connectivity index (χ4v) is 3.33. The second-order valence-electron chi connectivity index (χ2n) is 1.88. The van der Waals surface area contributed by atoms with Gasteiger partial charge in [0, 0.05) is 21.4 Å². The topological polar surface area (TPSA) is 47.0 Å². The smallest absolute Gasteiger partial charge is 0.241 e. The Morgan fingerprint density at radius 1 is 1.42 bits per heavy atom. The van der Waals surface area contributed by atoms with Gasteiger partial charge in [0.25, 0.3) is 9.05 Å². The van der Waals surface area contributed by atoms with Crippen LogP contribution in [0.4, 0.5) is 0 Å². The Labute approximate surface area is 90.8 Å². The third kappa shape index (κ3) is 2.42. The summed E-state index contributed by atoms with van der Waals surface area (Å²) in [4.78, 5) is 3.64. The lowest BCUT2D eigenvalue weighted by Crippen LogP contribution is -1.95. The lowest BCUT2D eigenvalue weighted by atomic mass is 10.5. The van der Waals surface area contributed by atoms with Crippen LogP contribution < -0.4 is 0 Å². The predicted molar refractivity (Wildman–Crippen MR) is 52.7 cm³/mol. The Morgan fingerprint density at radius 2 is 2.00 bits per heavy atom. The van der Waals surface area contributed by atoms with Crippen molar-refractivity contribution in [2.75, 3.05) is 0 Å². The first-order valence-corrected chi connectivity index (χ1v) is 6.56. The van der Waals surface area contributed by atoms with Crippen LogP contribution in [0.15, 0.2) is 26.2 Å². The first kappa shape index (κ1) is 10.4. The SMILES string of the molecule is O=S(=O)(Cl)c1ncc(Br)cc1Br. The number of hydrogen-bond donors (Lipinski definition) is 0. The monoisotopic (exact) mass is 333 g/mol. The summed E-state index contributed by atoms with van der Waals surface area (Å²) in [5.74, 6) is 0. The molecule has 66 valence electrons. The first-order valence-electron chi connectivity index (χ1n) is 2.67. The van der Waals surface area contributed by atoms with Crippen molar-refractivity contribution in [2.24, 2.45) is 0 Å². The van der Waals surface area contributed by atoms with E-state index >= 15 is 0 Å². The molecule has 1 heterocycles. The van der Waals surface area contributed by atoms with Crippen molar-refractivity contribution in [1.82, 2.24) is 4.98 Å². The molecule has 3 nitrogen and oxygen atoms in total. The zero-order valence-electron chi connectivity index (χ0n) is 5.46. The van der Waals surface area contributed by atoms with Crippen molar-refractivity contribution >= 4 is 51.6 Å². The second kappa shape index (κ2) is 3.61. The molecule has 0 aliphatic carbocycles. The minimum atomic E-state index is -3.76. The van der Waals surface area contributed by atoms with Crippen LogP contribution in [0.5, 0.6) is 0 Å². The van der Waals surface area contributed by atoms with Crippen molar-refractivity contribution in [3.63, 3.8) is 0 Å². The van der Waals surface area contributed by atoms with Gasteiger partial charge in [-0.1, -0.05) is 0 Å². The van der Waals surface area contributed by atoms with Gasteiger partial charge in [0.15, 0.2) is 5.03 Å². The third-order valence-corrected chi connectivity index (χ3v) is 3.53. The molecule has 0 aliphatic heterocycles. The van der Waals surface area contributed by atoms with Crippen LogP contribution in [-0.2, 0) is 9.05 Å². The molecule has 0 N–H and O–H groups in total. The maximum atomic E-state index is 10.8. The lowest BCUT2D eigenvalue weighted by Gasteiger charge is -1.98. The molecule has 0 fully saturated rings. The number of hydrogen-bond acceptors (Lipinski definition) is 3. The molecule has 1 aromatic rings. The molecule has 0 saturated heterocycles. The van der Waals surface area contributed by atoms with Crippen LogP contribution >= 0.6 is 42.5 Å². The highest BCUT2D eigenvalue weighted by atomic mass is 79.9. The van der Waals surface area contributed by atoms with Crippen molar-refractivity contribution in [3.05, 3.63) is 21.2 Å². The number of pyridine rings is 1. The van der Waals surface area contributed by atoms with Gasteiger partial charge in [-0.15, -0.1) is 0 Å². The van der Waals surface area contributed by atoms with E-state index in [2.05, 4.69) is 36.8 Å². The third-order valence-electron chi connectivity index (χ3n) is 1.01. The van der Waals surface area contributed by atoms with E-state index in [0.717, 1.165) is 0 Å². The van der Waals surface area contributed by atoms with E-state index in [1.165, 1.54) is 6.20 Å². The summed E-state index contributed by atoms with van der Waals surface area (Å²) < 4.78 is 22.7. The summed E-state index contributed by atoms with van der Waals surface area (Å²) in [6.07, 6.45) is 1.36. The zero-order valence-corrected chi connectivity index (χ0v) is 10.2. The Kier molecular flexibility index (Phi) is 3.14. The first-order chi connectivity index (χ1) is 5.41. The lowest BCUT2D eigenvalue weighted by molar-refractivity contribution is 0.605. The highest BCUT2D eigenvalue weighted by Crippen LogP contribution is 2.25. The van der Waals surface area contributed by atoms with E-state index < -0.39 is 9.05 Å². The van der Waals surface area contributed by atoms with Crippen LogP contribution in [0.3, 0.4) is 0 Å². The summed E-state index contributed by atoms with van der Waals surface area (Å²) in [6, 6.07) is 1.56. The van der Waals surface area contributed by atoms with Gasteiger partial charge in [-0.3, -0.25) is 0 Å². The minimum absolute atomic E-state index is 0.174. The number of rotatable bonds is 1. The van der Waals surface area contributed by atoms with Gasteiger partial charge in [0.1, 0.15) is 0 Å². The van der Waals surface area contributed by atoms with Crippen molar-refractivity contribution in [2.45, 2.75) is 5.03 Å². The van der Waals surface area contributed by atoms with Crippen LogP contribution in [0, 0.1) is 0 Å². The average molecular weight is 335 g/mol. The largest absolute Gasteiger partial charge is 0.279 e. The van der Waals surface area contributed by atoms with Gasteiger partial charge < -0.3 is 0 Å². The van der Waals surface area contributed by atoms with E-state index in [0.29, 0.717) is 8.95 Å². The van der Waals surface area contributed by atoms with Crippen LogP contribution in [0.1, 0.15) is 0 Å². The highest BCUT2D eigenvalue weighted by molar-refractivity contribution is 9.11. The Bertz CT molecular complexity index is 406. The number of nitrogens with zero attached hydrogens (tertiary/aromatic N) is 1. The predicted octanol–water partition coefficient (Wildman–Crippen LogP) is 2.53. The van der Waals surface area contributed by atoms with Crippen molar-refractivity contribution in [1.29, 1.82) is 0 Å². The minimum Gasteiger partial charge on any atom is -0.241 e. The highest BCUT2D eigenvalue weighted by Gasteiger charge is 2.15. The molecule has 0 atom stereocenters. The molecule has 0 unspecified atom stereocenters. The number of halogens is 3. The zero-order chi connectivity index (χ0) is 9.35. The Hall–Kier alpha value is 0.350. The van der Waals surface area contributed by atoms with Crippen LogP contribution in [0.2, 0.25) is 0 Å². The van der Waals surface area contributed by atoms with Gasteiger partial charge in [-0.25, -0.2) is 13.4 Å². The van der Waals surface area contributed by atoms with Gasteiger partial charge in [0.05, 0.1) is 4.47 Å². The molecule has 0 spiro atoms. The fraction of sp³-hybridized carbons (Fsp3) is 0.